The molecule has 0 unspecified atom stereocenters. The summed E-state index contributed by atoms with van der Waals surface area (Å²) in [5, 5.41) is 0. The van der Waals surface area contributed by atoms with E-state index in [1.54, 1.807) is 0 Å². The Balaban J connectivity index is 2.19. The van der Waals surface area contributed by atoms with Gasteiger partial charge >= 0.3 is 0 Å². The molecule has 0 aliphatic carbocycles. The molecule has 0 N–H and O–H groups in total. The van der Waals surface area contributed by atoms with E-state index in [0.29, 0.717) is 6.04 Å². The highest BCUT2D eigenvalue weighted by atomic mass is 15.2. The van der Waals surface area contributed by atoms with Crippen molar-refractivity contribution in [1.29, 1.82) is 0 Å². The maximum Gasteiger partial charge on any atom is 0.0604 e. The minimum atomic E-state index is 0.548. The fourth-order valence-electron chi connectivity index (χ4n) is 2.83. The molecule has 1 aromatic rings. The SMILES string of the molecule is Cc1cccnc1[C@@H]1CCCCN1CC(C)C. The van der Waals surface area contributed by atoms with Gasteiger partial charge < -0.3 is 0 Å². The van der Waals surface area contributed by atoms with Crippen molar-refractivity contribution in [2.24, 2.45) is 5.92 Å². The molecule has 1 aliphatic heterocycles. The highest BCUT2D eigenvalue weighted by Gasteiger charge is 2.26. The summed E-state index contributed by atoms with van der Waals surface area (Å²) in [4.78, 5) is 7.25. The molecule has 2 heteroatoms. The minimum absolute atomic E-state index is 0.548. The van der Waals surface area contributed by atoms with Crippen LogP contribution in [-0.4, -0.2) is 23.0 Å². The summed E-state index contributed by atoms with van der Waals surface area (Å²) in [6.07, 6.45) is 5.89. The summed E-state index contributed by atoms with van der Waals surface area (Å²) in [7, 11) is 0. The quantitative estimate of drug-likeness (QED) is 0.792. The van der Waals surface area contributed by atoms with Crippen LogP contribution in [0.2, 0.25) is 0 Å². The van der Waals surface area contributed by atoms with Crippen molar-refractivity contribution in [1.82, 2.24) is 9.88 Å². The summed E-state index contributed by atoms with van der Waals surface area (Å²) in [6.45, 7) is 9.22. The van der Waals surface area contributed by atoms with Gasteiger partial charge in [-0.3, -0.25) is 9.88 Å². The first-order chi connectivity index (χ1) is 8.18. The highest BCUT2D eigenvalue weighted by molar-refractivity contribution is 5.21. The number of hydrogen-bond acceptors (Lipinski definition) is 2. The summed E-state index contributed by atoms with van der Waals surface area (Å²) >= 11 is 0. The van der Waals surface area contributed by atoms with Crippen LogP contribution in [0.3, 0.4) is 0 Å². The number of aryl methyl sites for hydroxylation is 1. The molecule has 1 fully saturated rings. The summed E-state index contributed by atoms with van der Waals surface area (Å²) in [5.41, 5.74) is 2.64. The van der Waals surface area contributed by atoms with E-state index in [-0.39, 0.29) is 0 Å². The molecule has 0 aromatic carbocycles. The molecule has 1 aliphatic rings. The Kier molecular flexibility index (Phi) is 4.16. The second kappa shape index (κ2) is 5.63. The lowest BCUT2D eigenvalue weighted by Crippen LogP contribution is -2.36. The maximum atomic E-state index is 4.62. The Morgan fingerprint density at radius 2 is 2.24 bits per heavy atom. The standard InChI is InChI=1S/C15H24N2/c1-12(2)11-17-10-5-4-8-14(17)15-13(3)7-6-9-16-15/h6-7,9,12,14H,4-5,8,10-11H2,1-3H3/t14-/m0/s1. The molecule has 2 nitrogen and oxygen atoms in total. The van der Waals surface area contributed by atoms with Gasteiger partial charge in [0.2, 0.25) is 0 Å². The molecule has 2 rings (SSSR count). The monoisotopic (exact) mass is 232 g/mol. The van der Waals surface area contributed by atoms with Crippen LogP contribution in [-0.2, 0) is 0 Å². The molecule has 0 bridgehead atoms. The van der Waals surface area contributed by atoms with Crippen LogP contribution in [0.15, 0.2) is 18.3 Å². The minimum Gasteiger partial charge on any atom is -0.295 e. The van der Waals surface area contributed by atoms with Crippen molar-refractivity contribution in [2.75, 3.05) is 13.1 Å². The van der Waals surface area contributed by atoms with Gasteiger partial charge in [-0.2, -0.15) is 0 Å². The van der Waals surface area contributed by atoms with Crippen molar-refractivity contribution < 1.29 is 0 Å². The smallest absolute Gasteiger partial charge is 0.0604 e. The third-order valence-corrected chi connectivity index (χ3v) is 3.58. The topological polar surface area (TPSA) is 16.1 Å². The molecule has 0 radical (unpaired) electrons. The number of likely N-dealkylation sites (tertiary alicyclic amines) is 1. The molecule has 1 aromatic heterocycles. The van der Waals surface area contributed by atoms with Crippen LogP contribution in [0.4, 0.5) is 0 Å². The molecule has 1 saturated heterocycles. The number of piperidine rings is 1. The average Bonchev–Trinajstić information content (AvgIpc) is 2.30. The second-order valence-corrected chi connectivity index (χ2v) is 5.61. The lowest BCUT2D eigenvalue weighted by Gasteiger charge is -2.37. The van der Waals surface area contributed by atoms with E-state index in [4.69, 9.17) is 0 Å². The zero-order valence-corrected chi connectivity index (χ0v) is 11.3. The van der Waals surface area contributed by atoms with Gasteiger partial charge in [-0.15, -0.1) is 0 Å². The zero-order valence-electron chi connectivity index (χ0n) is 11.3. The van der Waals surface area contributed by atoms with E-state index < -0.39 is 0 Å². The second-order valence-electron chi connectivity index (χ2n) is 5.61. The van der Waals surface area contributed by atoms with Crippen molar-refractivity contribution in [3.8, 4) is 0 Å². The van der Waals surface area contributed by atoms with Crippen LogP contribution >= 0.6 is 0 Å². The fourth-order valence-corrected chi connectivity index (χ4v) is 2.83. The van der Waals surface area contributed by atoms with E-state index in [0.717, 1.165) is 5.92 Å². The van der Waals surface area contributed by atoms with Gasteiger partial charge in [0, 0.05) is 12.7 Å². The molecule has 0 spiro atoms. The summed E-state index contributed by atoms with van der Waals surface area (Å²) in [6, 6.07) is 4.77. The molecule has 0 amide bonds. The molecule has 17 heavy (non-hydrogen) atoms. The first kappa shape index (κ1) is 12.6. The number of rotatable bonds is 3. The Hall–Kier alpha value is -0.890. The fraction of sp³-hybridized carbons (Fsp3) is 0.667. The molecule has 2 heterocycles. The lowest BCUT2D eigenvalue weighted by molar-refractivity contribution is 0.129. The Morgan fingerprint density at radius 3 is 2.94 bits per heavy atom. The van der Waals surface area contributed by atoms with Crippen LogP contribution in [0.25, 0.3) is 0 Å². The van der Waals surface area contributed by atoms with Crippen LogP contribution in [0.1, 0.15) is 50.4 Å². The highest BCUT2D eigenvalue weighted by Crippen LogP contribution is 2.31. The number of nitrogens with zero attached hydrogens (tertiary/aromatic N) is 2. The lowest BCUT2D eigenvalue weighted by atomic mass is 9.95. The van der Waals surface area contributed by atoms with Crippen LogP contribution in [0, 0.1) is 12.8 Å². The first-order valence-corrected chi connectivity index (χ1v) is 6.84. The van der Waals surface area contributed by atoms with Crippen LogP contribution < -0.4 is 0 Å². The van der Waals surface area contributed by atoms with Gasteiger partial charge in [-0.1, -0.05) is 26.3 Å². The largest absolute Gasteiger partial charge is 0.295 e. The third-order valence-electron chi connectivity index (χ3n) is 3.58. The number of aromatic nitrogens is 1. The normalized spacial score (nSPS) is 22.0. The molecule has 94 valence electrons. The van der Waals surface area contributed by atoms with Crippen LogP contribution in [0.5, 0.6) is 0 Å². The van der Waals surface area contributed by atoms with Gasteiger partial charge in [0.05, 0.1) is 11.7 Å². The predicted molar refractivity (Wildman–Crippen MR) is 72.0 cm³/mol. The van der Waals surface area contributed by atoms with Gasteiger partial charge in [-0.25, -0.2) is 0 Å². The van der Waals surface area contributed by atoms with E-state index >= 15 is 0 Å². The van der Waals surface area contributed by atoms with E-state index in [1.807, 2.05) is 12.3 Å². The van der Waals surface area contributed by atoms with Crippen molar-refractivity contribution >= 4 is 0 Å². The van der Waals surface area contributed by atoms with E-state index in [1.165, 1.54) is 43.6 Å². The van der Waals surface area contributed by atoms with E-state index in [2.05, 4.69) is 36.7 Å². The molecular formula is C15H24N2. The Labute approximate surface area is 105 Å². The molecule has 1 atom stereocenters. The van der Waals surface area contributed by atoms with Gasteiger partial charge in [0.15, 0.2) is 0 Å². The Morgan fingerprint density at radius 1 is 1.41 bits per heavy atom. The summed E-state index contributed by atoms with van der Waals surface area (Å²) in [5.74, 6) is 0.736. The Bertz CT molecular complexity index is 360. The van der Waals surface area contributed by atoms with Crippen molar-refractivity contribution in [2.45, 2.75) is 46.1 Å². The molecular weight excluding hydrogens is 208 g/mol. The third kappa shape index (κ3) is 3.06. The average molecular weight is 232 g/mol. The van der Waals surface area contributed by atoms with Gasteiger partial charge in [0.25, 0.3) is 0 Å². The number of pyridine rings is 1. The number of hydrogen-bond donors (Lipinski definition) is 0. The summed E-state index contributed by atoms with van der Waals surface area (Å²) < 4.78 is 0. The van der Waals surface area contributed by atoms with Gasteiger partial charge in [-0.05, 0) is 43.9 Å². The first-order valence-electron chi connectivity index (χ1n) is 6.84. The van der Waals surface area contributed by atoms with Gasteiger partial charge in [0.1, 0.15) is 0 Å². The maximum absolute atomic E-state index is 4.62. The van der Waals surface area contributed by atoms with Crippen molar-refractivity contribution in [3.05, 3.63) is 29.6 Å². The van der Waals surface area contributed by atoms with Crippen molar-refractivity contribution in [3.63, 3.8) is 0 Å². The predicted octanol–water partition coefficient (Wildman–Crippen LogP) is 3.57. The van der Waals surface area contributed by atoms with E-state index in [9.17, 15) is 0 Å². The molecule has 0 saturated carbocycles. The zero-order chi connectivity index (χ0) is 12.3.